The van der Waals surface area contributed by atoms with E-state index in [1.807, 2.05) is 6.07 Å². The van der Waals surface area contributed by atoms with Crippen LogP contribution in [0.5, 0.6) is 0 Å². The fourth-order valence-electron chi connectivity index (χ4n) is 3.99. The molecule has 4 nitrogen and oxygen atoms in total. The van der Waals surface area contributed by atoms with Crippen molar-refractivity contribution >= 4 is 30.7 Å². The average Bonchev–Trinajstić information content (AvgIpc) is 3.00. The van der Waals surface area contributed by atoms with E-state index in [1.54, 1.807) is 0 Å². The Bertz CT molecular complexity index is 501. The fourth-order valence-corrected chi connectivity index (χ4v) is 3.99. The molecule has 1 heterocycles. The van der Waals surface area contributed by atoms with Gasteiger partial charge in [0.25, 0.3) is 0 Å². The van der Waals surface area contributed by atoms with Gasteiger partial charge in [0, 0.05) is 25.7 Å². The normalized spacial score (nSPS) is 24.8. The number of carbonyl (C=O) groups is 1. The summed E-state index contributed by atoms with van der Waals surface area (Å²) in [6.45, 7) is 2.51. The molecule has 0 bridgehead atoms. The van der Waals surface area contributed by atoms with Crippen molar-refractivity contribution < 1.29 is 4.79 Å². The van der Waals surface area contributed by atoms with Crippen LogP contribution in [-0.2, 0) is 11.3 Å². The van der Waals surface area contributed by atoms with Gasteiger partial charge in [-0.15, -0.1) is 24.8 Å². The van der Waals surface area contributed by atoms with Crippen molar-refractivity contribution in [2.45, 2.75) is 50.7 Å². The molecule has 3 atom stereocenters. The van der Waals surface area contributed by atoms with Gasteiger partial charge in [0.05, 0.1) is 6.04 Å². The monoisotopic (exact) mass is 387 g/mol. The molecule has 1 aromatic carbocycles. The Morgan fingerprint density at radius 1 is 1.20 bits per heavy atom. The van der Waals surface area contributed by atoms with Gasteiger partial charge in [-0.3, -0.25) is 4.79 Å². The molecular weight excluding hydrogens is 357 g/mol. The summed E-state index contributed by atoms with van der Waals surface area (Å²) in [5, 5.41) is 6.65. The molecule has 6 heteroatoms. The van der Waals surface area contributed by atoms with E-state index in [1.165, 1.54) is 31.2 Å². The van der Waals surface area contributed by atoms with Crippen LogP contribution in [0.1, 0.15) is 37.7 Å². The van der Waals surface area contributed by atoms with Gasteiger partial charge < -0.3 is 15.5 Å². The molecule has 0 aromatic heterocycles. The fraction of sp³-hybridized carbons (Fsp3) is 0.632. The van der Waals surface area contributed by atoms with Crippen molar-refractivity contribution in [3.63, 3.8) is 0 Å². The number of likely N-dealkylation sites (N-methyl/N-ethyl adjacent to an activating group) is 1. The first-order valence-electron chi connectivity index (χ1n) is 8.98. The summed E-state index contributed by atoms with van der Waals surface area (Å²) in [6, 6.07) is 11.1. The maximum atomic E-state index is 12.3. The maximum Gasteiger partial charge on any atom is 0.237 e. The molecule has 3 rings (SSSR count). The molecule has 2 N–H and O–H groups in total. The van der Waals surface area contributed by atoms with Crippen molar-refractivity contribution in [1.82, 2.24) is 15.5 Å². The number of halogens is 2. The molecule has 1 amide bonds. The minimum atomic E-state index is 0. The van der Waals surface area contributed by atoms with Crippen LogP contribution in [0.15, 0.2) is 30.3 Å². The molecule has 1 aliphatic heterocycles. The lowest BCUT2D eigenvalue weighted by Crippen LogP contribution is -2.44. The van der Waals surface area contributed by atoms with E-state index in [-0.39, 0.29) is 36.8 Å². The van der Waals surface area contributed by atoms with Crippen LogP contribution in [0.3, 0.4) is 0 Å². The van der Waals surface area contributed by atoms with Crippen LogP contribution < -0.4 is 10.6 Å². The predicted molar refractivity (Wildman–Crippen MR) is 108 cm³/mol. The zero-order valence-electron chi connectivity index (χ0n) is 14.9. The van der Waals surface area contributed by atoms with Gasteiger partial charge in [0.1, 0.15) is 0 Å². The minimum Gasteiger partial charge on any atom is -0.353 e. The minimum absolute atomic E-state index is 0. The lowest BCUT2D eigenvalue weighted by atomic mass is 9.85. The van der Waals surface area contributed by atoms with Crippen LogP contribution >= 0.6 is 24.8 Å². The van der Waals surface area contributed by atoms with Crippen LogP contribution in [0.25, 0.3) is 0 Å². The van der Waals surface area contributed by atoms with Crippen LogP contribution in [0, 0.1) is 5.92 Å². The lowest BCUT2D eigenvalue weighted by Gasteiger charge is -2.24. The Morgan fingerprint density at radius 2 is 1.92 bits per heavy atom. The molecule has 25 heavy (non-hydrogen) atoms. The highest BCUT2D eigenvalue weighted by molar-refractivity contribution is 5.85. The summed E-state index contributed by atoms with van der Waals surface area (Å²) in [4.78, 5) is 14.6. The molecule has 142 valence electrons. The van der Waals surface area contributed by atoms with Crippen molar-refractivity contribution in [3.8, 4) is 0 Å². The Hall–Kier alpha value is -0.810. The van der Waals surface area contributed by atoms with E-state index >= 15 is 0 Å². The highest BCUT2D eigenvalue weighted by Crippen LogP contribution is 2.33. The quantitative estimate of drug-likeness (QED) is 0.788. The van der Waals surface area contributed by atoms with Crippen molar-refractivity contribution in [2.24, 2.45) is 5.92 Å². The first-order chi connectivity index (χ1) is 11.2. The summed E-state index contributed by atoms with van der Waals surface area (Å²) in [7, 11) is 2.10. The van der Waals surface area contributed by atoms with E-state index in [9.17, 15) is 4.79 Å². The Balaban J connectivity index is 0.00000156. The summed E-state index contributed by atoms with van der Waals surface area (Å²) in [5.74, 6) is 0.910. The second-order valence-corrected chi connectivity index (χ2v) is 7.12. The van der Waals surface area contributed by atoms with E-state index in [0.717, 1.165) is 32.0 Å². The number of hydrogen-bond acceptors (Lipinski definition) is 3. The van der Waals surface area contributed by atoms with E-state index in [4.69, 9.17) is 0 Å². The van der Waals surface area contributed by atoms with Crippen LogP contribution in [-0.4, -0.2) is 43.0 Å². The largest absolute Gasteiger partial charge is 0.353 e. The number of nitrogens with one attached hydrogen (secondary N) is 2. The average molecular weight is 388 g/mol. The number of carbonyl (C=O) groups excluding carboxylic acids is 1. The molecular formula is C19H31Cl2N3O. The van der Waals surface area contributed by atoms with Gasteiger partial charge in [-0.1, -0.05) is 43.2 Å². The Kier molecular flexibility index (Phi) is 9.80. The molecule has 1 aromatic rings. The molecule has 2 fully saturated rings. The van der Waals surface area contributed by atoms with Crippen molar-refractivity contribution in [3.05, 3.63) is 35.9 Å². The summed E-state index contributed by atoms with van der Waals surface area (Å²) >= 11 is 0. The molecule has 1 aliphatic carbocycles. The number of fused-ring (bicyclic) bond motifs is 1. The molecule has 3 unspecified atom stereocenters. The van der Waals surface area contributed by atoms with Crippen LogP contribution in [0.4, 0.5) is 0 Å². The van der Waals surface area contributed by atoms with Gasteiger partial charge in [-0.05, 0) is 37.8 Å². The Labute approximate surface area is 163 Å². The highest BCUT2D eigenvalue weighted by atomic mass is 35.5. The number of benzene rings is 1. The summed E-state index contributed by atoms with van der Waals surface area (Å²) in [5.41, 5.74) is 1.31. The maximum absolute atomic E-state index is 12.3. The SMILES string of the molecule is CN(CCNC(=O)C1CC2CCCCC2N1)Cc1ccccc1.Cl.Cl. The zero-order chi connectivity index (χ0) is 16.1. The molecule has 0 radical (unpaired) electrons. The second kappa shape index (κ2) is 11.0. The van der Waals surface area contributed by atoms with Crippen molar-refractivity contribution in [1.29, 1.82) is 0 Å². The third kappa shape index (κ3) is 6.45. The van der Waals surface area contributed by atoms with E-state index < -0.39 is 0 Å². The molecule has 0 spiro atoms. The zero-order valence-corrected chi connectivity index (χ0v) is 16.6. The van der Waals surface area contributed by atoms with Crippen molar-refractivity contribution in [2.75, 3.05) is 20.1 Å². The summed E-state index contributed by atoms with van der Waals surface area (Å²) in [6.07, 6.45) is 6.21. The van der Waals surface area contributed by atoms with Crippen LogP contribution in [0.2, 0.25) is 0 Å². The van der Waals surface area contributed by atoms with E-state index in [0.29, 0.717) is 6.04 Å². The molecule has 1 saturated heterocycles. The topological polar surface area (TPSA) is 44.4 Å². The number of nitrogens with zero attached hydrogens (tertiary/aromatic N) is 1. The van der Waals surface area contributed by atoms with E-state index in [2.05, 4.69) is 46.8 Å². The molecule has 1 saturated carbocycles. The third-order valence-electron chi connectivity index (χ3n) is 5.27. The smallest absolute Gasteiger partial charge is 0.237 e. The second-order valence-electron chi connectivity index (χ2n) is 7.12. The summed E-state index contributed by atoms with van der Waals surface area (Å²) < 4.78 is 0. The standard InChI is InChI=1S/C19H29N3O.2ClH/c1-22(14-15-7-3-2-4-8-15)12-11-20-19(23)18-13-16-9-5-6-10-17(16)21-18;;/h2-4,7-8,16-18,21H,5-6,9-14H2,1H3,(H,20,23);2*1H. The Morgan fingerprint density at radius 3 is 2.64 bits per heavy atom. The molecule has 2 aliphatic rings. The predicted octanol–water partition coefficient (Wildman–Crippen LogP) is 3.00. The van der Waals surface area contributed by atoms with Gasteiger partial charge in [-0.25, -0.2) is 0 Å². The third-order valence-corrected chi connectivity index (χ3v) is 5.27. The van der Waals surface area contributed by atoms with Gasteiger partial charge in [-0.2, -0.15) is 0 Å². The van der Waals surface area contributed by atoms with Gasteiger partial charge in [0.2, 0.25) is 5.91 Å². The first-order valence-corrected chi connectivity index (χ1v) is 8.98. The number of amides is 1. The number of hydrogen-bond donors (Lipinski definition) is 2. The van der Waals surface area contributed by atoms with Gasteiger partial charge >= 0.3 is 0 Å². The number of rotatable bonds is 6. The highest BCUT2D eigenvalue weighted by Gasteiger charge is 2.37. The lowest BCUT2D eigenvalue weighted by molar-refractivity contribution is -0.122. The first kappa shape index (κ1) is 22.2. The van der Waals surface area contributed by atoms with Gasteiger partial charge in [0.15, 0.2) is 0 Å².